The van der Waals surface area contributed by atoms with Crippen LogP contribution in [0, 0.1) is 5.82 Å². The number of carbonyl (C=O) groups is 3. The molecule has 8 heteroatoms. The Labute approximate surface area is 186 Å². The summed E-state index contributed by atoms with van der Waals surface area (Å²) in [6.07, 6.45) is -1.60. The first-order chi connectivity index (χ1) is 15.0. The van der Waals surface area contributed by atoms with Gasteiger partial charge in [-0.25, -0.2) is 14.0 Å². The Morgan fingerprint density at radius 2 is 1.62 bits per heavy atom. The van der Waals surface area contributed by atoms with E-state index in [1.54, 1.807) is 27.7 Å². The van der Waals surface area contributed by atoms with Gasteiger partial charge in [-0.05, 0) is 57.5 Å². The summed E-state index contributed by atoms with van der Waals surface area (Å²) in [5.41, 5.74) is 0.310. The number of alkyl carbamates (subject to hydrolysis) is 1. The number of rotatable bonds is 9. The zero-order chi connectivity index (χ0) is 23.7. The fraction of sp³-hybridized carbons (Fsp3) is 0.375. The Morgan fingerprint density at radius 1 is 1.00 bits per heavy atom. The van der Waals surface area contributed by atoms with Crippen LogP contribution in [0.25, 0.3) is 0 Å². The molecule has 32 heavy (non-hydrogen) atoms. The second kappa shape index (κ2) is 11.4. The van der Waals surface area contributed by atoms with Crippen molar-refractivity contribution in [3.05, 3.63) is 71.5 Å². The molecule has 0 fully saturated rings. The Balaban J connectivity index is 2.03. The highest BCUT2D eigenvalue weighted by molar-refractivity contribution is 5.98. The summed E-state index contributed by atoms with van der Waals surface area (Å²) >= 11 is 0. The van der Waals surface area contributed by atoms with E-state index in [1.807, 2.05) is 30.3 Å². The molecule has 0 bridgehead atoms. The third-order valence-electron chi connectivity index (χ3n) is 4.26. The molecule has 0 saturated heterocycles. The molecule has 2 rings (SSSR count). The first-order valence-corrected chi connectivity index (χ1v) is 10.2. The maximum atomic E-state index is 13.0. The number of halogens is 1. The number of hydrogen-bond acceptors (Lipinski definition) is 6. The third kappa shape index (κ3) is 8.47. The number of Topliss-reactive ketones (excluding diaryl/α,β-unsaturated/α-hetero) is 1. The molecule has 0 radical (unpaired) electrons. The molecule has 0 aliphatic heterocycles. The summed E-state index contributed by atoms with van der Waals surface area (Å²) in [5, 5.41) is 2.46. The van der Waals surface area contributed by atoms with Crippen molar-refractivity contribution in [1.29, 1.82) is 0 Å². The summed E-state index contributed by atoms with van der Waals surface area (Å²) in [5.74, 6) is -1.84. The van der Waals surface area contributed by atoms with Crippen LogP contribution in [0.4, 0.5) is 9.18 Å². The summed E-state index contributed by atoms with van der Waals surface area (Å²) in [6.45, 7) is 6.32. The average molecular weight is 445 g/mol. The monoisotopic (exact) mass is 445 g/mol. The lowest BCUT2D eigenvalue weighted by atomic mass is 10.1. The highest BCUT2D eigenvalue weighted by Gasteiger charge is 2.31. The highest BCUT2D eigenvalue weighted by atomic mass is 19.1. The molecule has 0 unspecified atom stereocenters. The second-order valence-corrected chi connectivity index (χ2v) is 8.16. The molecule has 0 heterocycles. The van der Waals surface area contributed by atoms with E-state index >= 15 is 0 Å². The number of esters is 1. The molecule has 0 aliphatic carbocycles. The van der Waals surface area contributed by atoms with Crippen LogP contribution < -0.4 is 5.32 Å². The molecule has 0 aliphatic rings. The van der Waals surface area contributed by atoms with Gasteiger partial charge < -0.3 is 19.5 Å². The van der Waals surface area contributed by atoms with Gasteiger partial charge in [-0.3, -0.25) is 4.79 Å². The van der Waals surface area contributed by atoms with Gasteiger partial charge in [-0.2, -0.15) is 0 Å². The predicted molar refractivity (Wildman–Crippen MR) is 116 cm³/mol. The number of ketones is 1. The first kappa shape index (κ1) is 25.0. The van der Waals surface area contributed by atoms with E-state index in [0.29, 0.717) is 0 Å². The Hall–Kier alpha value is -3.26. The smallest absolute Gasteiger partial charge is 0.408 e. The molecule has 0 spiro atoms. The summed E-state index contributed by atoms with van der Waals surface area (Å²) in [6, 6.07) is 13.0. The van der Waals surface area contributed by atoms with Crippen molar-refractivity contribution in [2.75, 3.05) is 6.61 Å². The van der Waals surface area contributed by atoms with Crippen molar-refractivity contribution in [2.45, 2.75) is 52.0 Å². The number of hydrogen-bond donors (Lipinski definition) is 1. The Morgan fingerprint density at radius 3 is 2.22 bits per heavy atom. The molecular formula is C24H28FNO6. The van der Waals surface area contributed by atoms with E-state index in [1.165, 1.54) is 12.1 Å². The van der Waals surface area contributed by atoms with E-state index in [2.05, 4.69) is 5.32 Å². The van der Waals surface area contributed by atoms with Crippen molar-refractivity contribution in [2.24, 2.45) is 0 Å². The lowest BCUT2D eigenvalue weighted by Gasteiger charge is -2.26. The average Bonchev–Trinajstić information content (AvgIpc) is 2.74. The molecule has 2 aromatic rings. The Kier molecular flexibility index (Phi) is 8.90. The molecule has 172 valence electrons. The maximum Gasteiger partial charge on any atom is 0.408 e. The van der Waals surface area contributed by atoms with Crippen LogP contribution in [0.15, 0.2) is 54.6 Å². The van der Waals surface area contributed by atoms with Crippen LogP contribution in [0.1, 0.15) is 43.6 Å². The number of nitrogens with one attached hydrogen (secondary N) is 1. The van der Waals surface area contributed by atoms with Gasteiger partial charge in [0, 0.05) is 5.56 Å². The van der Waals surface area contributed by atoms with E-state index in [-0.39, 0.29) is 12.2 Å². The Bertz CT molecular complexity index is 908. The van der Waals surface area contributed by atoms with Crippen LogP contribution >= 0.6 is 0 Å². The predicted octanol–water partition coefficient (Wildman–Crippen LogP) is 4.05. The van der Waals surface area contributed by atoms with Gasteiger partial charge in [0.15, 0.2) is 18.4 Å². The van der Waals surface area contributed by atoms with Crippen molar-refractivity contribution in [3.8, 4) is 0 Å². The highest BCUT2D eigenvalue weighted by Crippen LogP contribution is 2.11. The molecular weight excluding hydrogens is 417 g/mol. The van der Waals surface area contributed by atoms with Gasteiger partial charge in [0.2, 0.25) is 0 Å². The van der Waals surface area contributed by atoms with Crippen LogP contribution in [0.3, 0.4) is 0 Å². The van der Waals surface area contributed by atoms with E-state index in [4.69, 9.17) is 14.2 Å². The van der Waals surface area contributed by atoms with Gasteiger partial charge >= 0.3 is 12.1 Å². The molecule has 7 nitrogen and oxygen atoms in total. The van der Waals surface area contributed by atoms with Gasteiger partial charge in [-0.15, -0.1) is 0 Å². The van der Waals surface area contributed by atoms with Gasteiger partial charge in [0.1, 0.15) is 11.4 Å². The zero-order valence-corrected chi connectivity index (χ0v) is 18.6. The number of benzene rings is 2. The van der Waals surface area contributed by atoms with Gasteiger partial charge in [0.05, 0.1) is 12.7 Å². The topological polar surface area (TPSA) is 90.9 Å². The fourth-order valence-electron chi connectivity index (χ4n) is 2.65. The van der Waals surface area contributed by atoms with Crippen LogP contribution in [-0.2, 0) is 25.6 Å². The number of amides is 1. The first-order valence-electron chi connectivity index (χ1n) is 10.2. The summed E-state index contributed by atoms with van der Waals surface area (Å²) in [7, 11) is 0. The van der Waals surface area contributed by atoms with Crippen molar-refractivity contribution in [1.82, 2.24) is 5.32 Å². The zero-order valence-electron chi connectivity index (χ0n) is 18.6. The normalized spacial score (nSPS) is 13.0. The van der Waals surface area contributed by atoms with Gasteiger partial charge in [0.25, 0.3) is 0 Å². The minimum absolute atomic E-state index is 0.198. The lowest BCUT2D eigenvalue weighted by molar-refractivity contribution is -0.149. The van der Waals surface area contributed by atoms with Crippen molar-refractivity contribution >= 4 is 17.8 Å². The standard InChI is InChI=1S/C24H28FNO6/c1-16(30-14-17-8-6-5-7-9-17)21(26-23(29)32-24(2,3)4)22(28)31-15-20(27)18-10-12-19(25)13-11-18/h5-13,16,21H,14-15H2,1-4H3,(H,26,29)/t16-,21-/m0/s1. The van der Waals surface area contributed by atoms with Crippen molar-refractivity contribution < 1.29 is 33.0 Å². The van der Waals surface area contributed by atoms with Crippen LogP contribution in [0.5, 0.6) is 0 Å². The molecule has 0 saturated carbocycles. The second-order valence-electron chi connectivity index (χ2n) is 8.16. The minimum Gasteiger partial charge on any atom is -0.456 e. The molecule has 1 N–H and O–H groups in total. The van der Waals surface area contributed by atoms with Crippen LogP contribution in [0.2, 0.25) is 0 Å². The minimum atomic E-state index is -1.21. The van der Waals surface area contributed by atoms with Crippen molar-refractivity contribution in [3.63, 3.8) is 0 Å². The summed E-state index contributed by atoms with van der Waals surface area (Å²) in [4.78, 5) is 37.2. The summed E-state index contributed by atoms with van der Waals surface area (Å²) < 4.78 is 29.1. The quantitative estimate of drug-likeness (QED) is 0.463. The molecule has 1 amide bonds. The van der Waals surface area contributed by atoms with E-state index in [0.717, 1.165) is 17.7 Å². The number of carbonyl (C=O) groups excluding carboxylic acids is 3. The molecule has 2 atom stereocenters. The SMILES string of the molecule is C[C@H](OCc1ccccc1)[C@H](NC(=O)OC(C)(C)C)C(=O)OCC(=O)c1ccc(F)cc1. The fourth-order valence-corrected chi connectivity index (χ4v) is 2.65. The molecule has 0 aromatic heterocycles. The van der Waals surface area contributed by atoms with Gasteiger partial charge in [-0.1, -0.05) is 30.3 Å². The van der Waals surface area contributed by atoms with Crippen LogP contribution in [-0.4, -0.2) is 42.2 Å². The maximum absolute atomic E-state index is 13.0. The van der Waals surface area contributed by atoms with E-state index in [9.17, 15) is 18.8 Å². The number of ether oxygens (including phenoxy) is 3. The van der Waals surface area contributed by atoms with E-state index < -0.39 is 48.0 Å². The largest absolute Gasteiger partial charge is 0.456 e. The molecule has 2 aromatic carbocycles. The lowest BCUT2D eigenvalue weighted by Crippen LogP contribution is -2.51. The third-order valence-corrected chi connectivity index (χ3v) is 4.26.